The summed E-state index contributed by atoms with van der Waals surface area (Å²) in [7, 11) is 0. The number of hydrogen-bond donors (Lipinski definition) is 1. The Labute approximate surface area is 216 Å². The molecule has 0 amide bonds. The van der Waals surface area contributed by atoms with Crippen molar-refractivity contribution in [1.82, 2.24) is 4.57 Å². The molecule has 184 valence electrons. The van der Waals surface area contributed by atoms with Gasteiger partial charge < -0.3 is 9.67 Å². The van der Waals surface area contributed by atoms with E-state index in [1.54, 1.807) is 12.1 Å². The first-order chi connectivity index (χ1) is 18.0. The van der Waals surface area contributed by atoms with Gasteiger partial charge in [0.25, 0.3) is 0 Å². The van der Waals surface area contributed by atoms with Gasteiger partial charge in [-0.3, -0.25) is 4.79 Å². The number of fused-ring (bicyclic) bond motifs is 1. The van der Waals surface area contributed by atoms with Gasteiger partial charge in [0.2, 0.25) is 0 Å². The number of carboxylic acid groups (broad SMARTS) is 1. The van der Waals surface area contributed by atoms with Gasteiger partial charge in [-0.25, -0.2) is 4.79 Å². The smallest absolute Gasteiger partial charge is 0.336 e. The summed E-state index contributed by atoms with van der Waals surface area (Å²) >= 11 is 0. The molecule has 0 unspecified atom stereocenters. The van der Waals surface area contributed by atoms with Crippen LogP contribution in [-0.2, 0) is 25.8 Å². The molecular formula is C33H29NO3. The Morgan fingerprint density at radius 3 is 2.19 bits per heavy atom. The molecule has 0 spiro atoms. The number of pyridine rings is 1. The van der Waals surface area contributed by atoms with Crippen LogP contribution in [0.25, 0.3) is 22.0 Å². The van der Waals surface area contributed by atoms with E-state index in [0.717, 1.165) is 46.0 Å². The highest BCUT2D eigenvalue weighted by atomic mass is 16.4. The minimum atomic E-state index is -0.936. The Balaban J connectivity index is 1.45. The molecule has 1 aromatic heterocycles. The number of hydrogen-bond acceptors (Lipinski definition) is 2. The van der Waals surface area contributed by atoms with Crippen LogP contribution in [0.1, 0.15) is 39.5 Å². The van der Waals surface area contributed by atoms with E-state index in [-0.39, 0.29) is 11.0 Å². The normalized spacial score (nSPS) is 11.1. The van der Waals surface area contributed by atoms with E-state index in [9.17, 15) is 14.7 Å². The lowest BCUT2D eigenvalue weighted by Crippen LogP contribution is -2.15. The highest BCUT2D eigenvalue weighted by Crippen LogP contribution is 2.25. The molecule has 0 aliphatic carbocycles. The van der Waals surface area contributed by atoms with Crippen LogP contribution in [0.5, 0.6) is 0 Å². The number of benzene rings is 4. The summed E-state index contributed by atoms with van der Waals surface area (Å²) in [5.41, 5.74) is 7.22. The first-order valence-corrected chi connectivity index (χ1v) is 12.6. The first kappa shape index (κ1) is 24.3. The summed E-state index contributed by atoms with van der Waals surface area (Å²) in [6, 6.07) is 31.7. The zero-order valence-electron chi connectivity index (χ0n) is 20.9. The predicted octanol–water partition coefficient (Wildman–Crippen LogP) is 6.76. The Kier molecular flexibility index (Phi) is 7.00. The summed E-state index contributed by atoms with van der Waals surface area (Å²) < 4.78 is 2.15. The van der Waals surface area contributed by atoms with Crippen molar-refractivity contribution in [3.63, 3.8) is 0 Å². The van der Waals surface area contributed by atoms with Crippen molar-refractivity contribution >= 4 is 16.9 Å². The zero-order chi connectivity index (χ0) is 25.8. The summed E-state index contributed by atoms with van der Waals surface area (Å²) in [6.45, 7) is 2.63. The molecule has 4 nitrogen and oxygen atoms in total. The molecule has 1 N–H and O–H groups in total. The van der Waals surface area contributed by atoms with Crippen LogP contribution >= 0.6 is 0 Å². The molecule has 1 heterocycles. The lowest BCUT2D eigenvalue weighted by atomic mass is 9.98. The number of carboxylic acids is 1. The molecule has 0 aliphatic heterocycles. The number of aromatic carboxylic acids is 1. The second-order valence-corrected chi connectivity index (χ2v) is 9.35. The van der Waals surface area contributed by atoms with E-state index in [1.807, 2.05) is 55.6 Å². The molecule has 4 aromatic carbocycles. The molecule has 0 saturated carbocycles. The molecule has 5 rings (SSSR count). The summed E-state index contributed by atoms with van der Waals surface area (Å²) in [6.07, 6.45) is 4.47. The monoisotopic (exact) mass is 487 g/mol. The molecule has 0 fully saturated rings. The SMILES string of the molecule is CCc1cn(Cc2ccc(-c3ccccc3C(=O)O)cc2)c2ccc(CCc3ccccc3)cc2c1=O. The number of nitrogens with zero attached hydrogens (tertiary/aromatic N) is 1. The van der Waals surface area contributed by atoms with Crippen LogP contribution < -0.4 is 5.43 Å². The van der Waals surface area contributed by atoms with Crippen LogP contribution in [0.2, 0.25) is 0 Å². The highest BCUT2D eigenvalue weighted by Gasteiger charge is 2.12. The third kappa shape index (κ3) is 5.24. The maximum Gasteiger partial charge on any atom is 0.336 e. The predicted molar refractivity (Wildman–Crippen MR) is 149 cm³/mol. The van der Waals surface area contributed by atoms with E-state index in [2.05, 4.69) is 47.0 Å². The topological polar surface area (TPSA) is 59.3 Å². The van der Waals surface area contributed by atoms with Crippen LogP contribution in [0.4, 0.5) is 0 Å². The van der Waals surface area contributed by atoms with Crippen LogP contribution in [0, 0.1) is 0 Å². The third-order valence-corrected chi connectivity index (χ3v) is 6.92. The molecule has 0 bridgehead atoms. The van der Waals surface area contributed by atoms with Crippen molar-refractivity contribution < 1.29 is 9.90 Å². The third-order valence-electron chi connectivity index (χ3n) is 6.92. The minimum Gasteiger partial charge on any atom is -0.478 e. The van der Waals surface area contributed by atoms with E-state index in [0.29, 0.717) is 18.5 Å². The van der Waals surface area contributed by atoms with Gasteiger partial charge in [0.15, 0.2) is 5.43 Å². The molecule has 0 atom stereocenters. The van der Waals surface area contributed by atoms with Crippen molar-refractivity contribution in [2.45, 2.75) is 32.7 Å². The second-order valence-electron chi connectivity index (χ2n) is 9.35. The molecule has 4 heteroatoms. The number of rotatable bonds is 8. The van der Waals surface area contributed by atoms with Crippen molar-refractivity contribution in [2.24, 2.45) is 0 Å². The fourth-order valence-electron chi connectivity index (χ4n) is 4.88. The number of aromatic nitrogens is 1. The lowest BCUT2D eigenvalue weighted by Gasteiger charge is -2.15. The Morgan fingerprint density at radius 2 is 1.46 bits per heavy atom. The fraction of sp³-hybridized carbons (Fsp3) is 0.152. The van der Waals surface area contributed by atoms with Crippen molar-refractivity contribution in [3.8, 4) is 11.1 Å². The maximum absolute atomic E-state index is 13.2. The van der Waals surface area contributed by atoms with E-state index in [1.165, 1.54) is 5.56 Å². The van der Waals surface area contributed by atoms with Gasteiger partial charge in [0.05, 0.1) is 11.1 Å². The zero-order valence-corrected chi connectivity index (χ0v) is 20.9. The first-order valence-electron chi connectivity index (χ1n) is 12.6. The molecule has 0 radical (unpaired) electrons. The summed E-state index contributed by atoms with van der Waals surface area (Å²) in [5, 5.41) is 10.3. The Bertz CT molecular complexity index is 1620. The number of aryl methyl sites for hydroxylation is 3. The maximum atomic E-state index is 13.2. The Morgan fingerprint density at radius 1 is 0.784 bits per heavy atom. The Hall–Kier alpha value is -4.44. The largest absolute Gasteiger partial charge is 0.478 e. The lowest BCUT2D eigenvalue weighted by molar-refractivity contribution is 0.0697. The molecule has 0 saturated heterocycles. The number of carbonyl (C=O) groups is 1. The van der Waals surface area contributed by atoms with E-state index < -0.39 is 5.97 Å². The average Bonchev–Trinajstić information content (AvgIpc) is 2.94. The van der Waals surface area contributed by atoms with Crippen LogP contribution in [0.15, 0.2) is 108 Å². The van der Waals surface area contributed by atoms with Crippen molar-refractivity contribution in [2.75, 3.05) is 0 Å². The van der Waals surface area contributed by atoms with Gasteiger partial charge in [-0.15, -0.1) is 0 Å². The fourth-order valence-corrected chi connectivity index (χ4v) is 4.88. The highest BCUT2D eigenvalue weighted by molar-refractivity contribution is 5.96. The molecule has 37 heavy (non-hydrogen) atoms. The summed E-state index contributed by atoms with van der Waals surface area (Å²) in [5.74, 6) is -0.936. The van der Waals surface area contributed by atoms with Gasteiger partial charge in [0, 0.05) is 23.7 Å². The van der Waals surface area contributed by atoms with E-state index >= 15 is 0 Å². The van der Waals surface area contributed by atoms with Crippen molar-refractivity contribution in [3.05, 3.63) is 141 Å². The standard InChI is InChI=1S/C33H29NO3/c1-2-26-22-34(21-25-14-17-27(18-15-25)28-10-6-7-11-29(28)33(36)37)31-19-16-24(20-30(31)32(26)35)13-12-23-8-4-3-5-9-23/h3-11,14-20,22H,2,12-13,21H2,1H3,(H,36,37). The molecule has 0 aliphatic rings. The average molecular weight is 488 g/mol. The quantitative estimate of drug-likeness (QED) is 0.263. The van der Waals surface area contributed by atoms with Gasteiger partial charge in [0.1, 0.15) is 0 Å². The van der Waals surface area contributed by atoms with Gasteiger partial charge in [-0.1, -0.05) is 85.8 Å². The van der Waals surface area contributed by atoms with Gasteiger partial charge >= 0.3 is 5.97 Å². The second kappa shape index (κ2) is 10.7. The molecule has 5 aromatic rings. The van der Waals surface area contributed by atoms with Crippen LogP contribution in [-0.4, -0.2) is 15.6 Å². The van der Waals surface area contributed by atoms with Gasteiger partial charge in [-0.05, 0) is 65.3 Å². The van der Waals surface area contributed by atoms with Gasteiger partial charge in [-0.2, -0.15) is 0 Å². The van der Waals surface area contributed by atoms with Crippen LogP contribution in [0.3, 0.4) is 0 Å². The van der Waals surface area contributed by atoms with E-state index in [4.69, 9.17) is 0 Å². The minimum absolute atomic E-state index is 0.107. The molecular weight excluding hydrogens is 458 g/mol. The van der Waals surface area contributed by atoms with Crippen molar-refractivity contribution in [1.29, 1.82) is 0 Å². The summed E-state index contributed by atoms with van der Waals surface area (Å²) in [4.78, 5) is 24.8.